The van der Waals surface area contributed by atoms with Gasteiger partial charge in [0.15, 0.2) is 0 Å². The van der Waals surface area contributed by atoms with Crippen LogP contribution in [0, 0.1) is 0 Å². The number of rotatable bonds is 1. The second kappa shape index (κ2) is 7.01. The molecule has 2 fully saturated rings. The van der Waals surface area contributed by atoms with E-state index in [4.69, 9.17) is 8.42 Å². The van der Waals surface area contributed by atoms with Crippen molar-refractivity contribution in [3.8, 4) is 0 Å². The molecule has 0 spiro atoms. The van der Waals surface area contributed by atoms with Gasteiger partial charge in [-0.2, -0.15) is 8.42 Å². The van der Waals surface area contributed by atoms with E-state index >= 15 is 0 Å². The average molecular weight is 289 g/mol. The molecule has 2 rings (SSSR count). The summed E-state index contributed by atoms with van der Waals surface area (Å²) < 4.78 is 18.3. The molecule has 0 aromatic carbocycles. The Morgan fingerprint density at radius 1 is 1.06 bits per heavy atom. The first-order valence-corrected chi connectivity index (χ1v) is 8.69. The van der Waals surface area contributed by atoms with Crippen LogP contribution in [0.4, 0.5) is 0 Å². The second-order valence-corrected chi connectivity index (χ2v) is 7.77. The molecule has 0 aromatic rings. The van der Waals surface area contributed by atoms with Crippen LogP contribution in [-0.2, 0) is 8.26 Å². The zero-order chi connectivity index (χ0) is 12.0. The van der Waals surface area contributed by atoms with Gasteiger partial charge in [0, 0.05) is 53.6 Å². The van der Waals surface area contributed by atoms with E-state index in [-0.39, 0.29) is 0 Å². The van der Waals surface area contributed by atoms with Gasteiger partial charge < -0.3 is 5.32 Å². The van der Waals surface area contributed by atoms with Crippen molar-refractivity contribution < 1.29 is 8.42 Å². The van der Waals surface area contributed by atoms with Crippen molar-refractivity contribution in [2.24, 2.45) is 0 Å². The number of nitrogens with zero attached hydrogens (tertiary/aromatic N) is 1. The van der Waals surface area contributed by atoms with Crippen molar-refractivity contribution in [1.82, 2.24) is 10.2 Å². The molecule has 0 atom stereocenters. The van der Waals surface area contributed by atoms with Crippen molar-refractivity contribution in [3.05, 3.63) is 0 Å². The minimum Gasteiger partial charge on any atom is -0.314 e. The molecule has 1 N–H and O–H groups in total. The Balaban J connectivity index is 0.000000221. The van der Waals surface area contributed by atoms with Crippen LogP contribution < -0.4 is 5.32 Å². The Morgan fingerprint density at radius 2 is 1.50 bits per heavy atom. The lowest BCUT2D eigenvalue weighted by Crippen LogP contribution is -2.47. The van der Waals surface area contributed by atoms with Gasteiger partial charge in [0.05, 0.1) is 0 Å². The molecule has 0 aromatic heterocycles. The van der Waals surface area contributed by atoms with E-state index in [2.05, 4.69) is 31.6 Å². The highest BCUT2D eigenvalue weighted by Gasteiger charge is 2.22. The lowest BCUT2D eigenvalue weighted by atomic mass is 10.2. The third-order valence-corrected chi connectivity index (χ3v) is 2.99. The fourth-order valence-corrected chi connectivity index (χ4v) is 2.32. The molecular formula is C9H18Cl2N2O2S. The maximum absolute atomic E-state index is 9.16. The second-order valence-electron chi connectivity index (χ2n) is 4.10. The molecule has 1 saturated heterocycles. The Morgan fingerprint density at radius 3 is 1.94 bits per heavy atom. The molecular weight excluding hydrogens is 271 g/mol. The van der Waals surface area contributed by atoms with Gasteiger partial charge in [0.2, 0.25) is 0 Å². The van der Waals surface area contributed by atoms with Crippen LogP contribution in [0.5, 0.6) is 0 Å². The number of piperazine rings is 1. The summed E-state index contributed by atoms with van der Waals surface area (Å²) >= 11 is 0. The van der Waals surface area contributed by atoms with Crippen LogP contribution in [0.15, 0.2) is 0 Å². The molecule has 1 saturated carbocycles. The molecule has 96 valence electrons. The fraction of sp³-hybridized carbons (Fsp3) is 1.00. The average Bonchev–Trinajstić information content (AvgIpc) is 2.69. The molecule has 0 amide bonds. The Labute approximate surface area is 106 Å². The molecule has 1 aliphatic carbocycles. The first-order chi connectivity index (χ1) is 7.47. The van der Waals surface area contributed by atoms with Crippen LogP contribution in [0.3, 0.4) is 0 Å². The Hall–Kier alpha value is 0.450. The summed E-state index contributed by atoms with van der Waals surface area (Å²) in [7, 11) is 4.81. The lowest BCUT2D eigenvalue weighted by molar-refractivity contribution is 0.175. The number of halogens is 2. The van der Waals surface area contributed by atoms with Gasteiger partial charge in [-0.15, -0.1) is 0 Å². The smallest absolute Gasteiger partial charge is 0.314 e. The molecule has 0 radical (unpaired) electrons. The van der Waals surface area contributed by atoms with Crippen LogP contribution >= 0.6 is 21.4 Å². The molecule has 0 unspecified atom stereocenters. The molecule has 7 heteroatoms. The van der Waals surface area contributed by atoms with E-state index in [0.29, 0.717) is 0 Å². The maximum Gasteiger partial charge on any atom is 0.317 e. The number of nitrogens with one attached hydrogen (secondary N) is 1. The van der Waals surface area contributed by atoms with E-state index < -0.39 is 8.26 Å². The van der Waals surface area contributed by atoms with Crippen LogP contribution in [0.1, 0.15) is 25.7 Å². The molecule has 4 nitrogen and oxygen atoms in total. The summed E-state index contributed by atoms with van der Waals surface area (Å²) in [5.74, 6) is 0. The van der Waals surface area contributed by atoms with Crippen LogP contribution in [0.25, 0.3) is 0 Å². The largest absolute Gasteiger partial charge is 0.317 e. The van der Waals surface area contributed by atoms with E-state index in [9.17, 15) is 0 Å². The van der Waals surface area contributed by atoms with Gasteiger partial charge in [-0.3, -0.25) is 4.90 Å². The predicted molar refractivity (Wildman–Crippen MR) is 67.3 cm³/mol. The summed E-state index contributed by atoms with van der Waals surface area (Å²) in [6.07, 6.45) is 5.85. The minimum absolute atomic E-state index is 0.942. The lowest BCUT2D eigenvalue weighted by Gasteiger charge is -2.32. The van der Waals surface area contributed by atoms with Crippen molar-refractivity contribution in [1.29, 1.82) is 0 Å². The Kier molecular flexibility index (Phi) is 6.36. The van der Waals surface area contributed by atoms with Crippen molar-refractivity contribution in [2.75, 3.05) is 26.2 Å². The molecule has 0 bridgehead atoms. The standard InChI is InChI=1S/C9H18N2.Cl2O2S/c1-2-4-9(3-1)11-7-5-10-6-8-11;1-5(2,3)4/h9-10H,1-8H2;. The monoisotopic (exact) mass is 288 g/mol. The molecule has 2 aliphatic rings. The summed E-state index contributed by atoms with van der Waals surface area (Å²) in [4.78, 5) is 2.67. The van der Waals surface area contributed by atoms with Gasteiger partial charge in [0.25, 0.3) is 0 Å². The first kappa shape index (κ1) is 14.5. The quantitative estimate of drug-likeness (QED) is 0.744. The summed E-state index contributed by atoms with van der Waals surface area (Å²) in [6.45, 7) is 4.97. The van der Waals surface area contributed by atoms with Crippen LogP contribution in [-0.4, -0.2) is 45.5 Å². The van der Waals surface area contributed by atoms with Crippen LogP contribution in [0.2, 0.25) is 0 Å². The molecule has 1 heterocycles. The highest BCUT2D eigenvalue weighted by molar-refractivity contribution is 8.31. The predicted octanol–water partition coefficient (Wildman–Crippen LogP) is 1.54. The highest BCUT2D eigenvalue weighted by atomic mass is 36.0. The topological polar surface area (TPSA) is 49.4 Å². The summed E-state index contributed by atoms with van der Waals surface area (Å²) in [5, 5.41) is 3.40. The van der Waals surface area contributed by atoms with E-state index in [1.807, 2.05) is 0 Å². The number of hydrogen-bond donors (Lipinski definition) is 1. The zero-order valence-corrected chi connectivity index (χ0v) is 11.5. The minimum atomic E-state index is -3.72. The van der Waals surface area contributed by atoms with Crippen molar-refractivity contribution in [2.45, 2.75) is 31.7 Å². The number of hydrogen-bond acceptors (Lipinski definition) is 4. The zero-order valence-electron chi connectivity index (χ0n) is 9.16. The van der Waals surface area contributed by atoms with Gasteiger partial charge in [0.1, 0.15) is 0 Å². The molecule has 1 aliphatic heterocycles. The third kappa shape index (κ3) is 6.91. The van der Waals surface area contributed by atoms with E-state index in [0.717, 1.165) is 6.04 Å². The fourth-order valence-electron chi connectivity index (χ4n) is 2.32. The van der Waals surface area contributed by atoms with Crippen molar-refractivity contribution in [3.63, 3.8) is 0 Å². The summed E-state index contributed by atoms with van der Waals surface area (Å²) in [6, 6.07) is 0.942. The molecule has 16 heavy (non-hydrogen) atoms. The third-order valence-electron chi connectivity index (χ3n) is 2.99. The summed E-state index contributed by atoms with van der Waals surface area (Å²) in [5.41, 5.74) is 0. The normalized spacial score (nSPS) is 23.9. The van der Waals surface area contributed by atoms with E-state index in [1.165, 1.54) is 51.9 Å². The first-order valence-electron chi connectivity index (χ1n) is 5.56. The van der Waals surface area contributed by atoms with E-state index in [1.54, 1.807) is 0 Å². The highest BCUT2D eigenvalue weighted by Crippen LogP contribution is 2.23. The maximum atomic E-state index is 9.16. The Bertz CT molecular complexity index is 278. The van der Waals surface area contributed by atoms with Gasteiger partial charge in [-0.1, -0.05) is 12.8 Å². The van der Waals surface area contributed by atoms with Gasteiger partial charge in [-0.05, 0) is 12.8 Å². The SMILES string of the molecule is C1CCC(N2CCNCC2)C1.O=S(=O)(Cl)Cl. The van der Waals surface area contributed by atoms with Crippen molar-refractivity contribution >= 4 is 29.6 Å². The van der Waals surface area contributed by atoms with Gasteiger partial charge >= 0.3 is 8.26 Å². The van der Waals surface area contributed by atoms with Gasteiger partial charge in [-0.25, -0.2) is 0 Å².